The average molecular weight is 547 g/mol. The van der Waals surface area contributed by atoms with Crippen LogP contribution >= 0.6 is 0 Å². The van der Waals surface area contributed by atoms with Gasteiger partial charge < -0.3 is 15.7 Å². The lowest BCUT2D eigenvalue weighted by molar-refractivity contribution is -0.139. The van der Waals surface area contributed by atoms with Gasteiger partial charge >= 0.3 is 6.18 Å². The fourth-order valence-corrected chi connectivity index (χ4v) is 5.41. The summed E-state index contributed by atoms with van der Waals surface area (Å²) in [5.41, 5.74) is -0.366. The van der Waals surface area contributed by atoms with Crippen molar-refractivity contribution in [3.05, 3.63) is 59.4 Å². The van der Waals surface area contributed by atoms with Crippen LogP contribution < -0.4 is 15.5 Å². The number of nitrogens with zero attached hydrogens (tertiary/aromatic N) is 2. The fourth-order valence-electron chi connectivity index (χ4n) is 5.41. The number of pyridine rings is 1. The maximum Gasteiger partial charge on any atom is 0.416 e. The summed E-state index contributed by atoms with van der Waals surface area (Å²) in [5, 5.41) is 16.0. The van der Waals surface area contributed by atoms with E-state index in [9.17, 15) is 27.9 Å². The predicted molar refractivity (Wildman–Crippen MR) is 142 cm³/mol. The van der Waals surface area contributed by atoms with Gasteiger partial charge in [-0.05, 0) is 48.4 Å². The Morgan fingerprint density at radius 2 is 1.74 bits per heavy atom. The standard InChI is InChI=1S/C29H37F3N4O3/c1-28(2,3)18-9-11-20(12-10-18)36(27(39)24-15-21(37)16-34-24)25(26(38)35-19-7-5-4-6-8-19)22-17-33-14-13-23(22)29(30,31)32/h9-14,17,19,21,24-25,34,37H,4-8,15-16H2,1-3H3,(H,35,38)/t21-,24-,25?/m1/s1. The van der Waals surface area contributed by atoms with Gasteiger partial charge in [0.15, 0.2) is 0 Å². The second kappa shape index (κ2) is 11.6. The second-order valence-corrected chi connectivity index (χ2v) is 11.6. The molecule has 7 nitrogen and oxygen atoms in total. The first kappa shape index (κ1) is 29.0. The lowest BCUT2D eigenvalue weighted by Gasteiger charge is -2.36. The van der Waals surface area contributed by atoms with E-state index in [0.717, 1.165) is 61.0 Å². The number of hydrogen-bond acceptors (Lipinski definition) is 5. The van der Waals surface area contributed by atoms with Crippen molar-refractivity contribution < 1.29 is 27.9 Å². The summed E-state index contributed by atoms with van der Waals surface area (Å²) < 4.78 is 42.7. The molecular formula is C29H37F3N4O3. The highest BCUT2D eigenvalue weighted by atomic mass is 19.4. The molecule has 2 aliphatic rings. The van der Waals surface area contributed by atoms with Gasteiger partial charge in [-0.2, -0.15) is 13.2 Å². The van der Waals surface area contributed by atoms with Crippen molar-refractivity contribution in [2.45, 2.75) is 95.1 Å². The number of aliphatic hydroxyl groups excluding tert-OH is 1. The molecule has 2 fully saturated rings. The van der Waals surface area contributed by atoms with Crippen LogP contribution in [-0.2, 0) is 21.2 Å². The van der Waals surface area contributed by atoms with Crippen molar-refractivity contribution in [1.29, 1.82) is 0 Å². The Kier molecular flexibility index (Phi) is 8.66. The molecule has 39 heavy (non-hydrogen) atoms. The van der Waals surface area contributed by atoms with Gasteiger partial charge in [0.25, 0.3) is 0 Å². The van der Waals surface area contributed by atoms with Gasteiger partial charge in [-0.15, -0.1) is 0 Å². The van der Waals surface area contributed by atoms with Crippen molar-refractivity contribution in [3.63, 3.8) is 0 Å². The molecule has 1 aromatic heterocycles. The first-order chi connectivity index (χ1) is 18.4. The summed E-state index contributed by atoms with van der Waals surface area (Å²) >= 11 is 0. The summed E-state index contributed by atoms with van der Waals surface area (Å²) in [7, 11) is 0. The van der Waals surface area contributed by atoms with Gasteiger partial charge in [-0.3, -0.25) is 19.5 Å². The second-order valence-electron chi connectivity index (χ2n) is 11.6. The van der Waals surface area contributed by atoms with Gasteiger partial charge in [-0.1, -0.05) is 52.2 Å². The van der Waals surface area contributed by atoms with Gasteiger partial charge in [0.2, 0.25) is 11.8 Å². The first-order valence-electron chi connectivity index (χ1n) is 13.5. The topological polar surface area (TPSA) is 94.6 Å². The molecule has 212 valence electrons. The Morgan fingerprint density at radius 1 is 1.08 bits per heavy atom. The Balaban J connectivity index is 1.85. The summed E-state index contributed by atoms with van der Waals surface area (Å²) in [6.07, 6.45) is 0.911. The van der Waals surface area contributed by atoms with E-state index in [1.807, 2.05) is 32.9 Å². The molecule has 1 aliphatic heterocycles. The third-order valence-electron chi connectivity index (χ3n) is 7.56. The number of benzene rings is 1. The quantitative estimate of drug-likeness (QED) is 0.491. The summed E-state index contributed by atoms with van der Waals surface area (Å²) in [6, 6.07) is 5.11. The van der Waals surface area contributed by atoms with E-state index in [1.165, 1.54) is 0 Å². The highest BCUT2D eigenvalue weighted by Crippen LogP contribution is 2.39. The number of aliphatic hydroxyl groups is 1. The first-order valence-corrected chi connectivity index (χ1v) is 13.5. The number of amides is 2. The molecule has 0 radical (unpaired) electrons. The molecule has 2 amide bonds. The summed E-state index contributed by atoms with van der Waals surface area (Å²) in [6.45, 7) is 6.26. The fraction of sp³-hybridized carbons (Fsp3) is 0.552. The number of rotatable bonds is 6. The summed E-state index contributed by atoms with van der Waals surface area (Å²) in [5.74, 6) is -1.27. The van der Waals surface area contributed by atoms with Crippen LogP contribution in [-0.4, -0.2) is 46.6 Å². The third-order valence-corrected chi connectivity index (χ3v) is 7.56. The predicted octanol–water partition coefficient (Wildman–Crippen LogP) is 4.64. The van der Waals surface area contributed by atoms with Crippen LogP contribution in [0.2, 0.25) is 0 Å². The lowest BCUT2D eigenvalue weighted by atomic mass is 9.87. The van der Waals surface area contributed by atoms with Gasteiger partial charge in [0.1, 0.15) is 6.04 Å². The molecule has 0 spiro atoms. The number of alkyl halides is 3. The Bertz CT molecular complexity index is 1160. The van der Waals surface area contributed by atoms with E-state index < -0.39 is 47.3 Å². The third kappa shape index (κ3) is 6.78. The number of nitrogens with one attached hydrogen (secondary N) is 2. The van der Waals surface area contributed by atoms with E-state index in [2.05, 4.69) is 15.6 Å². The molecule has 1 saturated heterocycles. The highest BCUT2D eigenvalue weighted by Gasteiger charge is 2.44. The Hall–Kier alpha value is -2.98. The molecule has 1 aliphatic carbocycles. The van der Waals surface area contributed by atoms with Crippen molar-refractivity contribution >= 4 is 17.5 Å². The minimum absolute atomic E-state index is 0.0888. The average Bonchev–Trinajstić information content (AvgIpc) is 3.33. The van der Waals surface area contributed by atoms with Crippen LogP contribution in [0.4, 0.5) is 18.9 Å². The largest absolute Gasteiger partial charge is 0.416 e. The highest BCUT2D eigenvalue weighted by molar-refractivity contribution is 6.04. The maximum atomic E-state index is 14.2. The monoisotopic (exact) mass is 546 g/mol. The van der Waals surface area contributed by atoms with E-state index in [0.29, 0.717) is 0 Å². The number of carbonyl (C=O) groups excluding carboxylic acids is 2. The number of carbonyl (C=O) groups is 2. The van der Waals surface area contributed by atoms with Crippen molar-refractivity contribution in [2.24, 2.45) is 0 Å². The van der Waals surface area contributed by atoms with E-state index in [4.69, 9.17) is 0 Å². The number of halogens is 3. The molecule has 3 atom stereocenters. The number of anilines is 1. The Morgan fingerprint density at radius 3 is 2.31 bits per heavy atom. The van der Waals surface area contributed by atoms with Crippen LogP contribution in [0.1, 0.15) is 82.0 Å². The molecule has 1 saturated carbocycles. The molecule has 1 unspecified atom stereocenters. The minimum atomic E-state index is -4.77. The molecule has 3 N–H and O–H groups in total. The van der Waals surface area contributed by atoms with Crippen molar-refractivity contribution in [1.82, 2.24) is 15.6 Å². The smallest absolute Gasteiger partial charge is 0.392 e. The molecule has 0 bridgehead atoms. The zero-order valence-electron chi connectivity index (χ0n) is 22.6. The molecule has 10 heteroatoms. The lowest BCUT2D eigenvalue weighted by Crippen LogP contribution is -2.52. The van der Waals surface area contributed by atoms with Crippen LogP contribution in [0.3, 0.4) is 0 Å². The van der Waals surface area contributed by atoms with E-state index in [1.54, 1.807) is 12.1 Å². The van der Waals surface area contributed by atoms with Crippen LogP contribution in [0.5, 0.6) is 0 Å². The minimum Gasteiger partial charge on any atom is -0.392 e. The zero-order chi connectivity index (χ0) is 28.4. The van der Waals surface area contributed by atoms with E-state index in [-0.39, 0.29) is 30.1 Å². The van der Waals surface area contributed by atoms with Crippen LogP contribution in [0.25, 0.3) is 0 Å². The number of hydrogen-bond donors (Lipinski definition) is 3. The SMILES string of the molecule is CC(C)(C)c1ccc(N(C(=O)[C@H]2C[C@@H](O)CN2)C(C(=O)NC2CCCCC2)c2cnccc2C(F)(F)F)cc1. The molecular weight excluding hydrogens is 509 g/mol. The normalized spacial score (nSPS) is 21.4. The van der Waals surface area contributed by atoms with Crippen molar-refractivity contribution in [3.8, 4) is 0 Å². The van der Waals surface area contributed by atoms with Gasteiger partial charge in [0, 0.05) is 36.2 Å². The molecule has 2 heterocycles. The van der Waals surface area contributed by atoms with Gasteiger partial charge in [0.05, 0.1) is 17.7 Å². The molecule has 1 aromatic carbocycles. The van der Waals surface area contributed by atoms with E-state index >= 15 is 0 Å². The molecule has 2 aromatic rings. The Labute approximate surface area is 227 Å². The van der Waals surface area contributed by atoms with Crippen molar-refractivity contribution in [2.75, 3.05) is 11.4 Å². The summed E-state index contributed by atoms with van der Waals surface area (Å²) in [4.78, 5) is 33.0. The maximum absolute atomic E-state index is 14.2. The van der Waals surface area contributed by atoms with Crippen LogP contribution in [0, 0.1) is 0 Å². The zero-order valence-corrected chi connectivity index (χ0v) is 22.6. The van der Waals surface area contributed by atoms with Crippen LogP contribution in [0.15, 0.2) is 42.7 Å². The number of β-amino-alcohol motifs (C(OH)–C–C–N with tert-alkyl or cyclic N) is 1. The van der Waals surface area contributed by atoms with Gasteiger partial charge in [-0.25, -0.2) is 0 Å². The molecule has 4 rings (SSSR count). The number of aromatic nitrogens is 1.